The Hall–Kier alpha value is -2.58. The number of nitrogens with zero attached hydrogens (tertiary/aromatic N) is 1. The minimum absolute atomic E-state index is 0.116. The van der Waals surface area contributed by atoms with E-state index in [1.807, 2.05) is 24.3 Å². The van der Waals surface area contributed by atoms with Gasteiger partial charge in [-0.25, -0.2) is 8.42 Å². The number of ether oxygens (including phenoxy) is 2. The first-order chi connectivity index (χ1) is 16.3. The molecule has 0 aromatic heterocycles. The molecule has 1 amide bonds. The third-order valence-corrected chi connectivity index (χ3v) is 8.04. The lowest BCUT2D eigenvalue weighted by Gasteiger charge is -2.23. The Morgan fingerprint density at radius 1 is 0.971 bits per heavy atom. The third-order valence-electron chi connectivity index (χ3n) is 6.15. The zero-order valence-electron chi connectivity index (χ0n) is 20.5. The molecule has 1 aliphatic heterocycles. The third kappa shape index (κ3) is 6.30. The van der Waals surface area contributed by atoms with Gasteiger partial charge in [0.05, 0.1) is 30.7 Å². The van der Waals surface area contributed by atoms with E-state index in [9.17, 15) is 13.2 Å². The number of sulfonamides is 1. The first kappa shape index (κ1) is 26.0. The van der Waals surface area contributed by atoms with Gasteiger partial charge in [0.25, 0.3) is 5.91 Å². The summed E-state index contributed by atoms with van der Waals surface area (Å²) >= 11 is 0. The van der Waals surface area contributed by atoms with E-state index in [1.165, 1.54) is 23.5 Å². The number of nitrogens with one attached hydrogen (secondary N) is 1. The fourth-order valence-electron chi connectivity index (χ4n) is 4.28. The van der Waals surface area contributed by atoms with Crippen LogP contribution in [0.1, 0.15) is 67.9 Å². The Morgan fingerprint density at radius 2 is 1.62 bits per heavy atom. The Bertz CT molecular complexity index is 1060. The number of hydrogen-bond acceptors (Lipinski definition) is 5. The van der Waals surface area contributed by atoms with Gasteiger partial charge in [-0.3, -0.25) is 4.79 Å². The van der Waals surface area contributed by atoms with Crippen LogP contribution in [0.2, 0.25) is 0 Å². The SMILES string of the molecule is COc1ccc([C@@H](CC(C)C)NC(=O)c2cc(S(=O)(=O)N3CCCCCC3)ccc2OC)cc1. The van der Waals surface area contributed by atoms with Crippen molar-refractivity contribution >= 4 is 15.9 Å². The molecular formula is C26H36N2O5S. The maximum absolute atomic E-state index is 13.4. The van der Waals surface area contributed by atoms with Crippen LogP contribution in [0.25, 0.3) is 0 Å². The summed E-state index contributed by atoms with van der Waals surface area (Å²) < 4.78 is 38.8. The highest BCUT2D eigenvalue weighted by Gasteiger charge is 2.28. The molecule has 34 heavy (non-hydrogen) atoms. The lowest BCUT2D eigenvalue weighted by atomic mass is 9.96. The van der Waals surface area contributed by atoms with Gasteiger partial charge in [0, 0.05) is 13.1 Å². The molecule has 8 heteroatoms. The summed E-state index contributed by atoms with van der Waals surface area (Å²) in [5, 5.41) is 3.09. The van der Waals surface area contributed by atoms with Crippen LogP contribution < -0.4 is 14.8 Å². The highest BCUT2D eigenvalue weighted by atomic mass is 32.2. The largest absolute Gasteiger partial charge is 0.497 e. The highest BCUT2D eigenvalue weighted by Crippen LogP contribution is 2.28. The van der Waals surface area contributed by atoms with Crippen LogP contribution >= 0.6 is 0 Å². The highest BCUT2D eigenvalue weighted by molar-refractivity contribution is 7.89. The number of hydrogen-bond donors (Lipinski definition) is 1. The second-order valence-electron chi connectivity index (χ2n) is 9.11. The normalized spacial score (nSPS) is 16.0. The molecule has 2 aromatic rings. The van der Waals surface area contributed by atoms with Crippen molar-refractivity contribution in [2.24, 2.45) is 5.92 Å². The van der Waals surface area contributed by atoms with Gasteiger partial charge in [0.15, 0.2) is 0 Å². The van der Waals surface area contributed by atoms with Crippen LogP contribution in [0, 0.1) is 5.92 Å². The monoisotopic (exact) mass is 488 g/mol. The zero-order valence-corrected chi connectivity index (χ0v) is 21.4. The molecule has 2 aromatic carbocycles. The maximum atomic E-state index is 13.4. The molecule has 1 saturated heterocycles. The van der Waals surface area contributed by atoms with Gasteiger partial charge in [0.1, 0.15) is 11.5 Å². The molecule has 0 bridgehead atoms. The van der Waals surface area contributed by atoms with E-state index in [0.29, 0.717) is 24.8 Å². The van der Waals surface area contributed by atoms with Gasteiger partial charge in [-0.05, 0) is 61.1 Å². The van der Waals surface area contributed by atoms with Crippen LogP contribution in [-0.4, -0.2) is 45.9 Å². The van der Waals surface area contributed by atoms with Gasteiger partial charge in [-0.2, -0.15) is 4.31 Å². The zero-order chi connectivity index (χ0) is 24.7. The molecule has 1 heterocycles. The van der Waals surface area contributed by atoms with Crippen molar-refractivity contribution < 1.29 is 22.7 Å². The first-order valence-corrected chi connectivity index (χ1v) is 13.3. The molecule has 3 rings (SSSR count). The number of carbonyl (C=O) groups excluding carboxylic acids is 1. The van der Waals surface area contributed by atoms with Crippen molar-refractivity contribution in [3.63, 3.8) is 0 Å². The summed E-state index contributed by atoms with van der Waals surface area (Å²) in [6.07, 6.45) is 4.49. The summed E-state index contributed by atoms with van der Waals surface area (Å²) in [6.45, 7) is 5.20. The summed E-state index contributed by atoms with van der Waals surface area (Å²) in [5.74, 6) is 1.05. The van der Waals surface area contributed by atoms with Crippen molar-refractivity contribution in [3.05, 3.63) is 53.6 Å². The molecule has 0 spiro atoms. The van der Waals surface area contributed by atoms with Crippen LogP contribution in [0.4, 0.5) is 0 Å². The predicted octanol–water partition coefficient (Wildman–Crippen LogP) is 4.79. The van der Waals surface area contributed by atoms with E-state index in [2.05, 4.69) is 19.2 Å². The first-order valence-electron chi connectivity index (χ1n) is 11.9. The Balaban J connectivity index is 1.90. The Labute approximate surface area is 203 Å². The summed E-state index contributed by atoms with van der Waals surface area (Å²) in [4.78, 5) is 13.5. The molecule has 0 aliphatic carbocycles. The number of methoxy groups -OCH3 is 2. The van der Waals surface area contributed by atoms with Crippen molar-refractivity contribution in [2.45, 2.75) is 56.9 Å². The smallest absolute Gasteiger partial charge is 0.255 e. The van der Waals surface area contributed by atoms with E-state index in [1.54, 1.807) is 13.2 Å². The molecule has 0 saturated carbocycles. The van der Waals surface area contributed by atoms with E-state index < -0.39 is 10.0 Å². The minimum Gasteiger partial charge on any atom is -0.497 e. The quantitative estimate of drug-likeness (QED) is 0.549. The van der Waals surface area contributed by atoms with E-state index in [4.69, 9.17) is 9.47 Å². The summed E-state index contributed by atoms with van der Waals surface area (Å²) in [6, 6.07) is 11.9. The van der Waals surface area contributed by atoms with E-state index in [0.717, 1.165) is 43.4 Å². The Kier molecular flexibility index (Phi) is 8.97. The molecule has 1 N–H and O–H groups in total. The number of carbonyl (C=O) groups is 1. The van der Waals surface area contributed by atoms with Crippen molar-refractivity contribution in [1.29, 1.82) is 0 Å². The van der Waals surface area contributed by atoms with Gasteiger partial charge >= 0.3 is 0 Å². The second-order valence-corrected chi connectivity index (χ2v) is 11.0. The molecule has 0 unspecified atom stereocenters. The van der Waals surface area contributed by atoms with Crippen LogP contribution in [0.5, 0.6) is 11.5 Å². The van der Waals surface area contributed by atoms with E-state index >= 15 is 0 Å². The Morgan fingerprint density at radius 3 is 2.18 bits per heavy atom. The van der Waals surface area contributed by atoms with Crippen molar-refractivity contribution in [2.75, 3.05) is 27.3 Å². The van der Waals surface area contributed by atoms with Gasteiger partial charge in [0.2, 0.25) is 10.0 Å². The number of rotatable bonds is 9. The standard InChI is InChI=1S/C26H36N2O5S/c1-19(2)17-24(20-9-11-21(32-3)12-10-20)27-26(29)23-18-22(13-14-25(23)33-4)34(30,31)28-15-7-5-6-8-16-28/h9-14,18-19,24H,5-8,15-17H2,1-4H3,(H,27,29)/t24-/m1/s1. The molecular weight excluding hydrogens is 452 g/mol. The topological polar surface area (TPSA) is 84.9 Å². The molecule has 1 aliphatic rings. The molecule has 1 atom stereocenters. The van der Waals surface area contributed by atoms with Gasteiger partial charge < -0.3 is 14.8 Å². The average Bonchev–Trinajstić information content (AvgIpc) is 3.13. The fourth-order valence-corrected chi connectivity index (χ4v) is 5.82. The molecule has 186 valence electrons. The summed E-state index contributed by atoms with van der Waals surface area (Å²) in [7, 11) is -0.601. The fraction of sp³-hybridized carbons (Fsp3) is 0.500. The molecule has 1 fully saturated rings. The lowest BCUT2D eigenvalue weighted by Crippen LogP contribution is -2.33. The minimum atomic E-state index is -3.69. The van der Waals surface area contributed by atoms with Gasteiger partial charge in [-0.15, -0.1) is 0 Å². The van der Waals surface area contributed by atoms with Crippen LogP contribution in [0.15, 0.2) is 47.4 Å². The molecule has 0 radical (unpaired) electrons. The summed E-state index contributed by atoms with van der Waals surface area (Å²) in [5.41, 5.74) is 1.16. The predicted molar refractivity (Wildman–Crippen MR) is 133 cm³/mol. The number of amides is 1. The van der Waals surface area contributed by atoms with Gasteiger partial charge in [-0.1, -0.05) is 38.8 Å². The van der Waals surface area contributed by atoms with Crippen molar-refractivity contribution in [3.8, 4) is 11.5 Å². The number of benzene rings is 2. The average molecular weight is 489 g/mol. The van der Waals surface area contributed by atoms with Crippen LogP contribution in [-0.2, 0) is 10.0 Å². The maximum Gasteiger partial charge on any atom is 0.255 e. The van der Waals surface area contributed by atoms with Crippen molar-refractivity contribution in [1.82, 2.24) is 9.62 Å². The van der Waals surface area contributed by atoms with Crippen LogP contribution in [0.3, 0.4) is 0 Å². The second kappa shape index (κ2) is 11.7. The lowest BCUT2D eigenvalue weighted by molar-refractivity contribution is 0.0928. The molecule has 7 nitrogen and oxygen atoms in total. The van der Waals surface area contributed by atoms with E-state index in [-0.39, 0.29) is 22.4 Å².